The number of anilines is 1. The van der Waals surface area contributed by atoms with E-state index in [1.807, 2.05) is 38.1 Å². The van der Waals surface area contributed by atoms with Crippen LogP contribution in [0.25, 0.3) is 10.8 Å². The van der Waals surface area contributed by atoms with Crippen LogP contribution in [0.15, 0.2) is 24.3 Å². The van der Waals surface area contributed by atoms with Crippen LogP contribution in [0.1, 0.15) is 46.1 Å². The molecule has 0 saturated carbocycles. The van der Waals surface area contributed by atoms with Crippen LogP contribution in [0.4, 0.5) is 5.69 Å². The van der Waals surface area contributed by atoms with Gasteiger partial charge in [-0.15, -0.1) is 11.6 Å². The Hall–Kier alpha value is -1.61. The summed E-state index contributed by atoms with van der Waals surface area (Å²) in [4.78, 5) is 2.33. The topological polar surface area (TPSA) is 32.7 Å². The molecule has 4 heteroatoms. The molecule has 0 aliphatic carbocycles. The lowest BCUT2D eigenvalue weighted by Gasteiger charge is -2.35. The molecule has 1 atom stereocenters. The number of fused-ring (bicyclic) bond motifs is 3. The van der Waals surface area contributed by atoms with E-state index in [1.54, 1.807) is 0 Å². The summed E-state index contributed by atoms with van der Waals surface area (Å²) in [6.07, 6.45) is 0.0724. The molecule has 1 N–H and O–H groups in total. The highest BCUT2D eigenvalue weighted by Gasteiger charge is 2.37. The van der Waals surface area contributed by atoms with Crippen molar-refractivity contribution >= 4 is 28.1 Å². The molecule has 1 aliphatic rings. The van der Waals surface area contributed by atoms with E-state index in [-0.39, 0.29) is 17.6 Å². The molecule has 130 valence electrons. The third kappa shape index (κ3) is 2.79. The molecule has 3 rings (SSSR count). The zero-order valence-corrected chi connectivity index (χ0v) is 15.8. The van der Waals surface area contributed by atoms with E-state index in [0.717, 1.165) is 28.8 Å². The van der Waals surface area contributed by atoms with Crippen LogP contribution in [0, 0.1) is 0 Å². The number of alkyl halides is 1. The highest BCUT2D eigenvalue weighted by Crippen LogP contribution is 2.49. The number of halogens is 1. The van der Waals surface area contributed by atoms with Gasteiger partial charge in [0.15, 0.2) is 0 Å². The summed E-state index contributed by atoms with van der Waals surface area (Å²) in [5.41, 5.74) is 2.23. The van der Waals surface area contributed by atoms with Crippen molar-refractivity contribution in [3.8, 4) is 11.5 Å². The van der Waals surface area contributed by atoms with E-state index in [4.69, 9.17) is 16.3 Å². The minimum absolute atomic E-state index is 0.0382. The van der Waals surface area contributed by atoms with E-state index in [1.165, 1.54) is 5.56 Å². The highest BCUT2D eigenvalue weighted by molar-refractivity contribution is 6.19. The van der Waals surface area contributed by atoms with Gasteiger partial charge >= 0.3 is 0 Å². The predicted molar refractivity (Wildman–Crippen MR) is 102 cm³/mol. The molecule has 1 aliphatic heterocycles. The first-order valence-electron chi connectivity index (χ1n) is 8.53. The maximum Gasteiger partial charge on any atom is 0.128 e. The predicted octanol–water partition coefficient (Wildman–Crippen LogP) is 5.27. The van der Waals surface area contributed by atoms with E-state index in [2.05, 4.69) is 25.7 Å². The van der Waals surface area contributed by atoms with Gasteiger partial charge in [0, 0.05) is 46.4 Å². The van der Waals surface area contributed by atoms with E-state index in [9.17, 15) is 5.11 Å². The standard InChI is InChI=1S/C20H26ClNO2/c1-12(2)24-17-8-6-7-14-16(23)9-15-18(19(14)17)13(10-21)11-22(15)20(3,4)5/h6-9,12-13,23H,10-11H2,1-5H3. The van der Waals surface area contributed by atoms with Crippen molar-refractivity contribution in [2.45, 2.75) is 52.2 Å². The van der Waals surface area contributed by atoms with Crippen LogP contribution >= 0.6 is 11.6 Å². The van der Waals surface area contributed by atoms with Crippen LogP contribution in [0.3, 0.4) is 0 Å². The van der Waals surface area contributed by atoms with Gasteiger partial charge in [0.1, 0.15) is 11.5 Å². The van der Waals surface area contributed by atoms with Gasteiger partial charge < -0.3 is 14.7 Å². The number of ether oxygens (including phenoxy) is 1. The van der Waals surface area contributed by atoms with Crippen molar-refractivity contribution in [3.05, 3.63) is 29.8 Å². The van der Waals surface area contributed by atoms with E-state index < -0.39 is 0 Å². The third-order valence-electron chi connectivity index (χ3n) is 4.58. The van der Waals surface area contributed by atoms with Crippen molar-refractivity contribution in [2.75, 3.05) is 17.3 Å². The number of aromatic hydroxyl groups is 1. The Morgan fingerprint density at radius 2 is 2.04 bits per heavy atom. The van der Waals surface area contributed by atoms with Crippen molar-refractivity contribution in [1.29, 1.82) is 0 Å². The lowest BCUT2D eigenvalue weighted by atomic mass is 9.94. The summed E-state index contributed by atoms with van der Waals surface area (Å²) < 4.78 is 6.05. The van der Waals surface area contributed by atoms with Gasteiger partial charge in [-0.05, 0) is 46.2 Å². The molecule has 24 heavy (non-hydrogen) atoms. The molecule has 0 bridgehead atoms. The zero-order chi connectivity index (χ0) is 17.6. The second-order valence-corrected chi connectivity index (χ2v) is 8.12. The minimum Gasteiger partial charge on any atom is -0.507 e. The summed E-state index contributed by atoms with van der Waals surface area (Å²) in [6.45, 7) is 11.4. The van der Waals surface area contributed by atoms with Crippen LogP contribution in [-0.4, -0.2) is 29.2 Å². The molecule has 0 amide bonds. The van der Waals surface area contributed by atoms with Crippen molar-refractivity contribution in [1.82, 2.24) is 0 Å². The Morgan fingerprint density at radius 3 is 2.62 bits per heavy atom. The molecule has 0 aromatic heterocycles. The van der Waals surface area contributed by atoms with E-state index >= 15 is 0 Å². The van der Waals surface area contributed by atoms with Gasteiger partial charge in [-0.3, -0.25) is 0 Å². The zero-order valence-electron chi connectivity index (χ0n) is 15.1. The number of phenolic OH excluding ortho intramolecular Hbond substituents is 1. The molecule has 0 saturated heterocycles. The second kappa shape index (κ2) is 6.03. The average Bonchev–Trinajstić information content (AvgIpc) is 2.85. The Balaban J connectivity index is 2.34. The Labute approximate surface area is 149 Å². The van der Waals surface area contributed by atoms with Crippen LogP contribution in [0.5, 0.6) is 11.5 Å². The molecule has 0 spiro atoms. The molecular formula is C20H26ClNO2. The average molecular weight is 348 g/mol. The fraction of sp³-hybridized carbons (Fsp3) is 0.500. The quantitative estimate of drug-likeness (QED) is 0.767. The smallest absolute Gasteiger partial charge is 0.128 e. The molecule has 2 aromatic carbocycles. The number of phenols is 1. The molecule has 0 fully saturated rings. The largest absolute Gasteiger partial charge is 0.507 e. The fourth-order valence-corrected chi connectivity index (χ4v) is 3.85. The number of rotatable bonds is 3. The molecular weight excluding hydrogens is 322 g/mol. The van der Waals surface area contributed by atoms with Crippen LogP contribution in [-0.2, 0) is 0 Å². The maximum atomic E-state index is 10.6. The third-order valence-corrected chi connectivity index (χ3v) is 4.95. The molecule has 1 unspecified atom stereocenters. The normalized spacial score (nSPS) is 17.6. The van der Waals surface area contributed by atoms with Gasteiger partial charge in [0.25, 0.3) is 0 Å². The van der Waals surface area contributed by atoms with E-state index in [0.29, 0.717) is 11.6 Å². The summed E-state index contributed by atoms with van der Waals surface area (Å²) in [6, 6.07) is 7.74. The fourth-order valence-electron chi connectivity index (χ4n) is 3.60. The van der Waals surface area contributed by atoms with Gasteiger partial charge in [-0.1, -0.05) is 12.1 Å². The van der Waals surface area contributed by atoms with Gasteiger partial charge in [-0.2, -0.15) is 0 Å². The summed E-state index contributed by atoms with van der Waals surface area (Å²) in [5, 5.41) is 12.5. The first-order chi connectivity index (χ1) is 11.2. The first-order valence-corrected chi connectivity index (χ1v) is 9.06. The first kappa shape index (κ1) is 17.2. The Bertz CT molecular complexity index is 764. The summed E-state index contributed by atoms with van der Waals surface area (Å²) >= 11 is 6.32. The number of hydrogen-bond acceptors (Lipinski definition) is 3. The number of nitrogens with zero attached hydrogens (tertiary/aromatic N) is 1. The summed E-state index contributed by atoms with van der Waals surface area (Å²) in [5.74, 6) is 1.89. The maximum absolute atomic E-state index is 10.6. The van der Waals surface area contributed by atoms with Crippen LogP contribution in [0.2, 0.25) is 0 Å². The van der Waals surface area contributed by atoms with Gasteiger partial charge in [0.05, 0.1) is 6.10 Å². The minimum atomic E-state index is -0.0382. The Morgan fingerprint density at radius 1 is 1.33 bits per heavy atom. The second-order valence-electron chi connectivity index (χ2n) is 7.81. The van der Waals surface area contributed by atoms with Crippen molar-refractivity contribution < 1.29 is 9.84 Å². The monoisotopic (exact) mass is 347 g/mol. The van der Waals surface area contributed by atoms with Gasteiger partial charge in [-0.25, -0.2) is 0 Å². The molecule has 3 nitrogen and oxygen atoms in total. The van der Waals surface area contributed by atoms with Crippen LogP contribution < -0.4 is 9.64 Å². The lowest BCUT2D eigenvalue weighted by Crippen LogP contribution is -2.40. The molecule has 1 heterocycles. The number of benzene rings is 2. The highest BCUT2D eigenvalue weighted by atomic mass is 35.5. The lowest BCUT2D eigenvalue weighted by molar-refractivity contribution is 0.245. The summed E-state index contributed by atoms with van der Waals surface area (Å²) in [7, 11) is 0. The number of hydrogen-bond donors (Lipinski definition) is 1. The SMILES string of the molecule is CC(C)Oc1cccc2c(O)cc3c(c12)C(CCl)CN3C(C)(C)C. The van der Waals surface area contributed by atoms with Crippen molar-refractivity contribution in [3.63, 3.8) is 0 Å². The Kier molecular flexibility index (Phi) is 4.33. The van der Waals surface area contributed by atoms with Gasteiger partial charge in [0.2, 0.25) is 0 Å². The molecule has 2 aromatic rings. The molecule has 0 radical (unpaired) electrons. The van der Waals surface area contributed by atoms with Crippen molar-refractivity contribution in [2.24, 2.45) is 0 Å².